The lowest BCUT2D eigenvalue weighted by Crippen LogP contribution is -2.33. The fraction of sp³-hybridized carbons (Fsp3) is 0.417. The van der Waals surface area contributed by atoms with E-state index in [-0.39, 0.29) is 17.3 Å². The number of hydrogen-bond acceptors (Lipinski definition) is 3. The number of carbonyl (C=O) groups is 1. The van der Waals surface area contributed by atoms with Crippen LogP contribution in [0.15, 0.2) is 18.2 Å². The van der Waals surface area contributed by atoms with Crippen molar-refractivity contribution in [2.45, 2.75) is 31.7 Å². The Labute approximate surface area is 103 Å². The predicted octanol–water partition coefficient (Wildman–Crippen LogP) is 2.41. The lowest BCUT2D eigenvalue weighted by Gasteiger charge is -2.12. The molecule has 0 bridgehead atoms. The topological polar surface area (TPSA) is 72.2 Å². The van der Waals surface area contributed by atoms with Gasteiger partial charge in [-0.3, -0.25) is 14.9 Å². The smallest absolute Gasteiger partial charge is 0.272 e. The van der Waals surface area contributed by atoms with Crippen LogP contribution in [0.4, 0.5) is 10.1 Å². The van der Waals surface area contributed by atoms with Crippen LogP contribution in [0.25, 0.3) is 0 Å². The van der Waals surface area contributed by atoms with Gasteiger partial charge in [-0.2, -0.15) is 0 Å². The van der Waals surface area contributed by atoms with Gasteiger partial charge in [-0.15, -0.1) is 0 Å². The van der Waals surface area contributed by atoms with Crippen LogP contribution in [0.5, 0.6) is 0 Å². The molecular weight excluding hydrogens is 239 g/mol. The molecule has 1 amide bonds. The minimum absolute atomic E-state index is 0.0899. The molecular formula is C12H13FN2O3. The van der Waals surface area contributed by atoms with Gasteiger partial charge in [0.25, 0.3) is 11.6 Å². The van der Waals surface area contributed by atoms with E-state index in [0.717, 1.165) is 43.9 Å². The first-order chi connectivity index (χ1) is 8.58. The van der Waals surface area contributed by atoms with Crippen molar-refractivity contribution in [1.82, 2.24) is 5.32 Å². The largest absolute Gasteiger partial charge is 0.349 e. The highest BCUT2D eigenvalue weighted by Crippen LogP contribution is 2.20. The van der Waals surface area contributed by atoms with Crippen LogP contribution >= 0.6 is 0 Å². The van der Waals surface area contributed by atoms with E-state index in [9.17, 15) is 19.3 Å². The van der Waals surface area contributed by atoms with Gasteiger partial charge < -0.3 is 5.32 Å². The first kappa shape index (κ1) is 12.5. The van der Waals surface area contributed by atoms with Gasteiger partial charge in [-0.1, -0.05) is 12.8 Å². The molecule has 0 unspecified atom stereocenters. The molecule has 5 nitrogen and oxygen atoms in total. The molecule has 2 rings (SSSR count). The second-order valence-corrected chi connectivity index (χ2v) is 4.38. The highest BCUT2D eigenvalue weighted by molar-refractivity contribution is 5.94. The molecule has 1 saturated carbocycles. The predicted molar refractivity (Wildman–Crippen MR) is 62.8 cm³/mol. The van der Waals surface area contributed by atoms with E-state index in [2.05, 4.69) is 5.32 Å². The number of amides is 1. The van der Waals surface area contributed by atoms with Crippen molar-refractivity contribution in [3.05, 3.63) is 39.7 Å². The molecule has 1 aromatic rings. The highest BCUT2D eigenvalue weighted by Gasteiger charge is 2.21. The van der Waals surface area contributed by atoms with E-state index in [4.69, 9.17) is 0 Å². The molecule has 0 saturated heterocycles. The van der Waals surface area contributed by atoms with Gasteiger partial charge >= 0.3 is 0 Å². The molecule has 1 aromatic carbocycles. The van der Waals surface area contributed by atoms with Crippen molar-refractivity contribution in [2.75, 3.05) is 0 Å². The van der Waals surface area contributed by atoms with Crippen LogP contribution in [-0.4, -0.2) is 16.9 Å². The van der Waals surface area contributed by atoms with E-state index < -0.39 is 16.6 Å². The summed E-state index contributed by atoms with van der Waals surface area (Å²) < 4.78 is 13.6. The molecule has 96 valence electrons. The Bertz CT molecular complexity index is 484. The summed E-state index contributed by atoms with van der Waals surface area (Å²) in [4.78, 5) is 21.5. The molecule has 18 heavy (non-hydrogen) atoms. The van der Waals surface area contributed by atoms with Crippen molar-refractivity contribution >= 4 is 11.6 Å². The number of nitrogens with zero attached hydrogens (tertiary/aromatic N) is 1. The van der Waals surface area contributed by atoms with Gasteiger partial charge in [0.1, 0.15) is 5.82 Å². The maximum atomic E-state index is 13.6. The van der Waals surface area contributed by atoms with Crippen molar-refractivity contribution in [1.29, 1.82) is 0 Å². The summed E-state index contributed by atoms with van der Waals surface area (Å²) in [6.45, 7) is 0. The quantitative estimate of drug-likeness (QED) is 0.663. The monoisotopic (exact) mass is 252 g/mol. The number of non-ortho nitro benzene ring substituents is 1. The third kappa shape index (κ3) is 2.64. The van der Waals surface area contributed by atoms with Gasteiger partial charge in [0.15, 0.2) is 0 Å². The standard InChI is InChI=1S/C12H13FN2O3/c13-11-7-9(15(17)18)5-6-10(11)12(16)14-8-3-1-2-4-8/h5-8H,1-4H2,(H,14,16). The normalized spacial score (nSPS) is 15.6. The minimum atomic E-state index is -0.861. The number of benzene rings is 1. The van der Waals surface area contributed by atoms with Gasteiger partial charge in [-0.05, 0) is 18.9 Å². The van der Waals surface area contributed by atoms with Crippen LogP contribution in [0.1, 0.15) is 36.0 Å². The molecule has 0 atom stereocenters. The van der Waals surface area contributed by atoms with Crippen molar-refractivity contribution in [3.63, 3.8) is 0 Å². The maximum Gasteiger partial charge on any atom is 0.272 e. The van der Waals surface area contributed by atoms with Crippen molar-refractivity contribution in [3.8, 4) is 0 Å². The zero-order chi connectivity index (χ0) is 13.1. The minimum Gasteiger partial charge on any atom is -0.349 e. The number of nitro benzene ring substituents is 1. The number of nitro groups is 1. The molecule has 0 aromatic heterocycles. The van der Waals surface area contributed by atoms with Crippen LogP contribution in [0.3, 0.4) is 0 Å². The lowest BCUT2D eigenvalue weighted by atomic mass is 10.1. The average Bonchev–Trinajstić information content (AvgIpc) is 2.81. The third-order valence-corrected chi connectivity index (χ3v) is 3.10. The number of halogens is 1. The summed E-state index contributed by atoms with van der Waals surface area (Å²) in [5.74, 6) is -1.37. The summed E-state index contributed by atoms with van der Waals surface area (Å²) >= 11 is 0. The van der Waals surface area contributed by atoms with Crippen molar-refractivity contribution in [2.24, 2.45) is 0 Å². The second-order valence-electron chi connectivity index (χ2n) is 4.38. The Kier molecular flexibility index (Phi) is 3.55. The summed E-state index contributed by atoms with van der Waals surface area (Å²) in [5, 5.41) is 13.2. The van der Waals surface area contributed by atoms with Crippen molar-refractivity contribution < 1.29 is 14.1 Å². The van der Waals surface area contributed by atoms with Gasteiger partial charge in [-0.25, -0.2) is 4.39 Å². The summed E-state index contributed by atoms with van der Waals surface area (Å²) in [6, 6.07) is 3.14. The molecule has 1 fully saturated rings. The SMILES string of the molecule is O=C(NC1CCCC1)c1ccc([N+](=O)[O-])cc1F. The molecule has 1 aliphatic carbocycles. The Morgan fingerprint density at radius 3 is 2.61 bits per heavy atom. The summed E-state index contributed by atoms with van der Waals surface area (Å²) in [7, 11) is 0. The Morgan fingerprint density at radius 1 is 1.39 bits per heavy atom. The van der Waals surface area contributed by atoms with Crippen LogP contribution in [-0.2, 0) is 0 Å². The van der Waals surface area contributed by atoms with E-state index >= 15 is 0 Å². The number of nitrogens with one attached hydrogen (secondary N) is 1. The lowest BCUT2D eigenvalue weighted by molar-refractivity contribution is -0.385. The zero-order valence-electron chi connectivity index (χ0n) is 9.69. The van der Waals surface area contributed by atoms with Gasteiger partial charge in [0, 0.05) is 12.1 Å². The molecule has 1 aliphatic rings. The van der Waals surface area contributed by atoms with Crippen LogP contribution in [0, 0.1) is 15.9 Å². The van der Waals surface area contributed by atoms with Gasteiger partial charge in [0.05, 0.1) is 16.6 Å². The molecule has 1 N–H and O–H groups in total. The Morgan fingerprint density at radius 2 is 2.06 bits per heavy atom. The Hall–Kier alpha value is -1.98. The highest BCUT2D eigenvalue weighted by atomic mass is 19.1. The summed E-state index contributed by atoms with van der Waals surface area (Å²) in [5.41, 5.74) is -0.502. The van der Waals surface area contributed by atoms with E-state index in [1.807, 2.05) is 0 Å². The first-order valence-electron chi connectivity index (χ1n) is 5.83. The number of rotatable bonds is 3. The molecule has 6 heteroatoms. The molecule has 0 radical (unpaired) electrons. The van der Waals surface area contributed by atoms with Crippen LogP contribution < -0.4 is 5.32 Å². The second kappa shape index (κ2) is 5.12. The fourth-order valence-electron chi connectivity index (χ4n) is 2.14. The number of hydrogen-bond donors (Lipinski definition) is 1. The average molecular weight is 252 g/mol. The third-order valence-electron chi connectivity index (χ3n) is 3.10. The fourth-order valence-corrected chi connectivity index (χ4v) is 2.14. The zero-order valence-corrected chi connectivity index (χ0v) is 9.69. The molecule has 0 spiro atoms. The van der Waals surface area contributed by atoms with Crippen LogP contribution in [0.2, 0.25) is 0 Å². The van der Waals surface area contributed by atoms with E-state index in [0.29, 0.717) is 0 Å². The molecule has 0 aliphatic heterocycles. The van der Waals surface area contributed by atoms with Gasteiger partial charge in [0.2, 0.25) is 0 Å². The summed E-state index contributed by atoms with van der Waals surface area (Å²) in [6.07, 6.45) is 3.93. The van der Waals surface area contributed by atoms with E-state index in [1.54, 1.807) is 0 Å². The van der Waals surface area contributed by atoms with E-state index in [1.165, 1.54) is 0 Å². The number of carbonyl (C=O) groups excluding carboxylic acids is 1. The first-order valence-corrected chi connectivity index (χ1v) is 5.83. The maximum absolute atomic E-state index is 13.6. The molecule has 0 heterocycles. The Balaban J connectivity index is 2.12.